The third-order valence-corrected chi connectivity index (χ3v) is 8.41. The Bertz CT molecular complexity index is 2060. The number of nitrogens with zero attached hydrogens (tertiary/aromatic N) is 1. The molecule has 0 fully saturated rings. The number of rotatable bonds is 2. The molecule has 39 heavy (non-hydrogen) atoms. The van der Waals surface area contributed by atoms with Crippen LogP contribution in [0.1, 0.15) is 25.0 Å². The number of hydrogen-bond donors (Lipinski definition) is 0. The Morgan fingerprint density at radius 1 is 0.513 bits per heavy atom. The lowest BCUT2D eigenvalue weighted by Crippen LogP contribution is -2.24. The lowest BCUT2D eigenvalue weighted by molar-refractivity contribution is 0.418. The Balaban J connectivity index is 1.36. The summed E-state index contributed by atoms with van der Waals surface area (Å²) in [4.78, 5) is 0. The molecule has 0 N–H and O–H groups in total. The van der Waals surface area contributed by atoms with Crippen molar-refractivity contribution in [2.75, 3.05) is 0 Å². The first kappa shape index (κ1) is 22.2. The van der Waals surface area contributed by atoms with Crippen molar-refractivity contribution in [1.82, 2.24) is 4.57 Å². The summed E-state index contributed by atoms with van der Waals surface area (Å²) in [5.74, 6) is 1.89. The molecule has 0 bridgehead atoms. The van der Waals surface area contributed by atoms with Gasteiger partial charge in [0.2, 0.25) is 0 Å². The second kappa shape index (κ2) is 8.09. The van der Waals surface area contributed by atoms with E-state index in [2.05, 4.69) is 140 Å². The van der Waals surface area contributed by atoms with Gasteiger partial charge in [-0.15, -0.1) is 0 Å². The highest BCUT2D eigenvalue weighted by molar-refractivity contribution is 6.14. The number of ether oxygens (including phenoxy) is 1. The van der Waals surface area contributed by atoms with Crippen LogP contribution >= 0.6 is 0 Å². The molecule has 0 unspecified atom stereocenters. The van der Waals surface area contributed by atoms with Gasteiger partial charge in [0.15, 0.2) is 0 Å². The van der Waals surface area contributed by atoms with Crippen molar-refractivity contribution in [2.45, 2.75) is 19.3 Å². The highest BCUT2D eigenvalue weighted by Crippen LogP contribution is 2.49. The molecule has 0 radical (unpaired) electrons. The van der Waals surface area contributed by atoms with Crippen LogP contribution in [-0.2, 0) is 5.41 Å². The molecule has 2 heterocycles. The standard InChI is InChI=1S/C37H27NO/c1-37(2)31-14-8-9-15-35(31)39-36-19-17-27(22-32(36)37)26-16-18-33-29(21-26)30-20-24-10-6-7-11-25(24)23-34(30)38(33)28-12-4-3-5-13-28/h3-23H,1-2H3. The average Bonchev–Trinajstić information content (AvgIpc) is 3.29. The summed E-state index contributed by atoms with van der Waals surface area (Å²) in [6.07, 6.45) is 0. The number of para-hydroxylation sites is 2. The average molecular weight is 502 g/mol. The van der Waals surface area contributed by atoms with Gasteiger partial charge in [0.05, 0.1) is 11.0 Å². The van der Waals surface area contributed by atoms with Crippen molar-refractivity contribution in [2.24, 2.45) is 0 Å². The van der Waals surface area contributed by atoms with Gasteiger partial charge in [-0.2, -0.15) is 0 Å². The molecule has 2 heteroatoms. The summed E-state index contributed by atoms with van der Waals surface area (Å²) in [7, 11) is 0. The molecular formula is C37H27NO. The fourth-order valence-corrected chi connectivity index (χ4v) is 6.36. The highest BCUT2D eigenvalue weighted by Gasteiger charge is 2.34. The molecule has 0 saturated carbocycles. The van der Waals surface area contributed by atoms with Gasteiger partial charge >= 0.3 is 0 Å². The van der Waals surface area contributed by atoms with Crippen molar-refractivity contribution in [3.63, 3.8) is 0 Å². The normalized spacial score (nSPS) is 13.8. The monoisotopic (exact) mass is 501 g/mol. The van der Waals surface area contributed by atoms with Crippen LogP contribution in [0.15, 0.2) is 127 Å². The van der Waals surface area contributed by atoms with Crippen LogP contribution < -0.4 is 4.74 Å². The molecule has 1 aliphatic heterocycles. The fraction of sp³-hybridized carbons (Fsp3) is 0.0811. The van der Waals surface area contributed by atoms with Crippen LogP contribution in [0.5, 0.6) is 11.5 Å². The van der Waals surface area contributed by atoms with Crippen LogP contribution in [-0.4, -0.2) is 4.57 Å². The van der Waals surface area contributed by atoms with E-state index >= 15 is 0 Å². The van der Waals surface area contributed by atoms with Crippen LogP contribution in [0.2, 0.25) is 0 Å². The molecule has 0 amide bonds. The van der Waals surface area contributed by atoms with E-state index < -0.39 is 0 Å². The molecule has 0 atom stereocenters. The summed E-state index contributed by atoms with van der Waals surface area (Å²) < 4.78 is 8.71. The van der Waals surface area contributed by atoms with Gasteiger partial charge in [-0.1, -0.05) is 86.6 Å². The second-order valence-corrected chi connectivity index (χ2v) is 11.1. The van der Waals surface area contributed by atoms with Gasteiger partial charge in [-0.3, -0.25) is 0 Å². The smallest absolute Gasteiger partial charge is 0.131 e. The quantitative estimate of drug-likeness (QED) is 0.230. The van der Waals surface area contributed by atoms with Crippen molar-refractivity contribution in [3.8, 4) is 28.3 Å². The Kier molecular flexibility index (Phi) is 4.60. The summed E-state index contributed by atoms with van der Waals surface area (Å²) in [6.45, 7) is 4.58. The zero-order valence-electron chi connectivity index (χ0n) is 22.0. The molecule has 6 aromatic carbocycles. The van der Waals surface area contributed by atoms with E-state index in [-0.39, 0.29) is 5.41 Å². The Labute approximate surface area is 227 Å². The van der Waals surface area contributed by atoms with E-state index in [1.54, 1.807) is 0 Å². The summed E-state index contributed by atoms with van der Waals surface area (Å²) in [5.41, 5.74) is 8.32. The van der Waals surface area contributed by atoms with E-state index in [1.165, 1.54) is 60.5 Å². The molecule has 0 spiro atoms. The first-order valence-corrected chi connectivity index (χ1v) is 13.5. The molecule has 2 nitrogen and oxygen atoms in total. The zero-order valence-corrected chi connectivity index (χ0v) is 22.0. The second-order valence-electron chi connectivity index (χ2n) is 11.1. The predicted molar refractivity (Wildman–Crippen MR) is 162 cm³/mol. The van der Waals surface area contributed by atoms with E-state index in [1.807, 2.05) is 6.07 Å². The maximum atomic E-state index is 6.32. The van der Waals surface area contributed by atoms with E-state index in [0.717, 1.165) is 11.5 Å². The number of fused-ring (bicyclic) bond motifs is 6. The molecule has 0 aliphatic carbocycles. The maximum Gasteiger partial charge on any atom is 0.131 e. The van der Waals surface area contributed by atoms with Crippen molar-refractivity contribution >= 4 is 32.6 Å². The van der Waals surface area contributed by atoms with E-state index in [0.29, 0.717) is 0 Å². The van der Waals surface area contributed by atoms with Crippen LogP contribution in [0.25, 0.3) is 49.4 Å². The topological polar surface area (TPSA) is 14.2 Å². The van der Waals surface area contributed by atoms with Gasteiger partial charge in [0.25, 0.3) is 0 Å². The van der Waals surface area contributed by atoms with Gasteiger partial charge < -0.3 is 9.30 Å². The maximum absolute atomic E-state index is 6.32. The van der Waals surface area contributed by atoms with Gasteiger partial charge in [0, 0.05) is 33.0 Å². The third-order valence-electron chi connectivity index (χ3n) is 8.41. The van der Waals surface area contributed by atoms with Crippen molar-refractivity contribution in [1.29, 1.82) is 0 Å². The highest BCUT2D eigenvalue weighted by atomic mass is 16.5. The Morgan fingerprint density at radius 3 is 2.00 bits per heavy atom. The number of benzene rings is 6. The van der Waals surface area contributed by atoms with Gasteiger partial charge in [-0.25, -0.2) is 0 Å². The van der Waals surface area contributed by atoms with Crippen LogP contribution in [0.3, 0.4) is 0 Å². The minimum atomic E-state index is -0.146. The third kappa shape index (κ3) is 3.28. The summed E-state index contributed by atoms with van der Waals surface area (Å²) in [6, 6.07) is 45.9. The lowest BCUT2D eigenvalue weighted by Gasteiger charge is -2.34. The van der Waals surface area contributed by atoms with Gasteiger partial charge in [0.1, 0.15) is 11.5 Å². The zero-order chi connectivity index (χ0) is 26.1. The largest absolute Gasteiger partial charge is 0.457 e. The molecule has 8 rings (SSSR count). The Morgan fingerprint density at radius 2 is 1.15 bits per heavy atom. The predicted octanol–water partition coefficient (Wildman–Crippen LogP) is 10.0. The minimum absolute atomic E-state index is 0.146. The van der Waals surface area contributed by atoms with Crippen molar-refractivity contribution < 1.29 is 4.74 Å². The first-order chi connectivity index (χ1) is 19.1. The van der Waals surface area contributed by atoms with Crippen LogP contribution in [0.4, 0.5) is 0 Å². The Hall–Kier alpha value is -4.82. The van der Waals surface area contributed by atoms with E-state index in [4.69, 9.17) is 4.74 Å². The molecule has 0 saturated heterocycles. The minimum Gasteiger partial charge on any atom is -0.457 e. The molecule has 1 aromatic heterocycles. The van der Waals surface area contributed by atoms with E-state index in [9.17, 15) is 0 Å². The molecule has 1 aliphatic rings. The molecular weight excluding hydrogens is 474 g/mol. The number of aromatic nitrogens is 1. The van der Waals surface area contributed by atoms with Gasteiger partial charge in [-0.05, 0) is 76.5 Å². The summed E-state index contributed by atoms with van der Waals surface area (Å²) >= 11 is 0. The molecule has 7 aromatic rings. The molecule has 186 valence electrons. The number of hydrogen-bond acceptors (Lipinski definition) is 1. The first-order valence-electron chi connectivity index (χ1n) is 13.5. The lowest BCUT2D eigenvalue weighted by atomic mass is 9.75. The summed E-state index contributed by atoms with van der Waals surface area (Å²) in [5, 5.41) is 5.04. The fourth-order valence-electron chi connectivity index (χ4n) is 6.36. The van der Waals surface area contributed by atoms with Crippen LogP contribution in [0, 0.1) is 0 Å². The van der Waals surface area contributed by atoms with Crippen molar-refractivity contribution in [3.05, 3.63) is 139 Å². The SMILES string of the molecule is CC1(C)c2ccccc2Oc2ccc(-c3ccc4c(c3)c3cc5ccccc5cc3n4-c3ccccc3)cc21.